The average molecular weight is 285 g/mol. The highest BCUT2D eigenvalue weighted by Crippen LogP contribution is 2.23. The first kappa shape index (κ1) is 16.3. The Balaban J connectivity index is 2.21. The summed E-state index contributed by atoms with van der Waals surface area (Å²) >= 11 is 6.06. The highest BCUT2D eigenvalue weighted by atomic mass is 35.5. The lowest BCUT2D eigenvalue weighted by Crippen LogP contribution is -2.36. The van der Waals surface area contributed by atoms with Gasteiger partial charge < -0.3 is 15.0 Å². The molecule has 0 saturated heterocycles. The van der Waals surface area contributed by atoms with E-state index in [1.165, 1.54) is 0 Å². The van der Waals surface area contributed by atoms with E-state index < -0.39 is 0 Å². The molecule has 0 heterocycles. The van der Waals surface area contributed by atoms with Crippen LogP contribution in [0.15, 0.2) is 24.3 Å². The second-order valence-electron chi connectivity index (χ2n) is 4.59. The van der Waals surface area contributed by atoms with Crippen LogP contribution in [0.25, 0.3) is 0 Å². The van der Waals surface area contributed by atoms with E-state index >= 15 is 0 Å². The molecule has 0 aliphatic rings. The third-order valence-corrected chi connectivity index (χ3v) is 3.41. The van der Waals surface area contributed by atoms with Crippen molar-refractivity contribution >= 4 is 11.6 Å². The molecule has 1 aromatic carbocycles. The van der Waals surface area contributed by atoms with E-state index in [2.05, 4.69) is 24.1 Å². The van der Waals surface area contributed by atoms with Crippen molar-refractivity contribution in [2.75, 3.05) is 32.7 Å². The molecule has 1 aromatic rings. The first-order chi connectivity index (χ1) is 9.17. The van der Waals surface area contributed by atoms with Gasteiger partial charge in [0, 0.05) is 19.6 Å². The molecule has 1 atom stereocenters. The summed E-state index contributed by atoms with van der Waals surface area (Å²) in [6.45, 7) is 11.5. The molecular formula is C15H25ClN2O. The maximum atomic E-state index is 6.06. The van der Waals surface area contributed by atoms with Crippen molar-refractivity contribution in [1.29, 1.82) is 0 Å². The Hall–Kier alpha value is -0.770. The van der Waals surface area contributed by atoms with Crippen molar-refractivity contribution < 1.29 is 4.74 Å². The molecule has 108 valence electrons. The summed E-state index contributed by atoms with van der Waals surface area (Å²) in [6, 6.07) is 7.58. The van der Waals surface area contributed by atoms with Crippen molar-refractivity contribution in [2.45, 2.75) is 26.9 Å². The summed E-state index contributed by atoms with van der Waals surface area (Å²) in [5.41, 5.74) is 0. The lowest BCUT2D eigenvalue weighted by atomic mass is 10.3. The van der Waals surface area contributed by atoms with E-state index in [1.54, 1.807) is 0 Å². The minimum absolute atomic E-state index is 0.108. The molecule has 1 rings (SSSR count). The van der Waals surface area contributed by atoms with Crippen LogP contribution < -0.4 is 10.1 Å². The lowest BCUT2D eigenvalue weighted by Gasteiger charge is -2.20. The molecular weight excluding hydrogens is 260 g/mol. The topological polar surface area (TPSA) is 24.5 Å². The van der Waals surface area contributed by atoms with Crippen molar-refractivity contribution in [1.82, 2.24) is 10.2 Å². The van der Waals surface area contributed by atoms with Gasteiger partial charge in [0.05, 0.1) is 5.02 Å². The number of halogens is 1. The van der Waals surface area contributed by atoms with Gasteiger partial charge >= 0.3 is 0 Å². The van der Waals surface area contributed by atoms with Gasteiger partial charge in [-0.1, -0.05) is 37.6 Å². The summed E-state index contributed by atoms with van der Waals surface area (Å²) in [5.74, 6) is 0.752. The van der Waals surface area contributed by atoms with Gasteiger partial charge in [-0.3, -0.25) is 0 Å². The molecule has 1 unspecified atom stereocenters. The van der Waals surface area contributed by atoms with Crippen molar-refractivity contribution in [3.63, 3.8) is 0 Å². The predicted octanol–water partition coefficient (Wildman–Crippen LogP) is 3.04. The molecule has 1 N–H and O–H groups in total. The SMILES string of the molecule is CCN(CC)CCNCC(C)Oc1ccccc1Cl. The van der Waals surface area contributed by atoms with E-state index in [0.717, 1.165) is 38.5 Å². The van der Waals surface area contributed by atoms with Gasteiger partial charge in [-0.25, -0.2) is 0 Å². The van der Waals surface area contributed by atoms with Crippen LogP contribution in [-0.4, -0.2) is 43.7 Å². The summed E-state index contributed by atoms with van der Waals surface area (Å²) in [5, 5.41) is 4.08. The largest absolute Gasteiger partial charge is 0.488 e. The van der Waals surface area contributed by atoms with Gasteiger partial charge in [0.1, 0.15) is 11.9 Å². The number of nitrogens with zero attached hydrogens (tertiary/aromatic N) is 1. The Morgan fingerprint density at radius 2 is 1.95 bits per heavy atom. The summed E-state index contributed by atoms with van der Waals surface area (Å²) in [6.07, 6.45) is 0.108. The zero-order valence-electron chi connectivity index (χ0n) is 12.2. The Labute approximate surface area is 121 Å². The number of rotatable bonds is 9. The zero-order chi connectivity index (χ0) is 14.1. The van der Waals surface area contributed by atoms with Crippen LogP contribution in [0.2, 0.25) is 5.02 Å². The molecule has 0 amide bonds. The van der Waals surface area contributed by atoms with Crippen LogP contribution in [0.1, 0.15) is 20.8 Å². The van der Waals surface area contributed by atoms with Crippen LogP contribution >= 0.6 is 11.6 Å². The Kier molecular flexibility index (Phi) is 7.87. The monoisotopic (exact) mass is 284 g/mol. The number of hydrogen-bond acceptors (Lipinski definition) is 3. The van der Waals surface area contributed by atoms with Crippen molar-refractivity contribution in [3.8, 4) is 5.75 Å². The van der Waals surface area contributed by atoms with Crippen molar-refractivity contribution in [2.24, 2.45) is 0 Å². The van der Waals surface area contributed by atoms with E-state index in [4.69, 9.17) is 16.3 Å². The van der Waals surface area contributed by atoms with E-state index in [0.29, 0.717) is 5.02 Å². The van der Waals surface area contributed by atoms with Gasteiger partial charge in [-0.15, -0.1) is 0 Å². The number of hydrogen-bond donors (Lipinski definition) is 1. The van der Waals surface area contributed by atoms with Crippen molar-refractivity contribution in [3.05, 3.63) is 29.3 Å². The number of ether oxygens (including phenoxy) is 1. The van der Waals surface area contributed by atoms with Gasteiger partial charge in [-0.05, 0) is 32.1 Å². The first-order valence-electron chi connectivity index (χ1n) is 7.01. The number of benzene rings is 1. The molecule has 0 saturated carbocycles. The molecule has 4 heteroatoms. The standard InChI is InChI=1S/C15H25ClN2O/c1-4-18(5-2)11-10-17-12-13(3)19-15-9-7-6-8-14(15)16/h6-9,13,17H,4-5,10-12H2,1-3H3. The van der Waals surface area contributed by atoms with Gasteiger partial charge in [0.25, 0.3) is 0 Å². The van der Waals surface area contributed by atoms with Crippen LogP contribution in [-0.2, 0) is 0 Å². The molecule has 0 aliphatic heterocycles. The molecule has 0 radical (unpaired) electrons. The normalized spacial score (nSPS) is 12.7. The predicted molar refractivity (Wildman–Crippen MR) is 82.2 cm³/mol. The van der Waals surface area contributed by atoms with Crippen LogP contribution in [0.3, 0.4) is 0 Å². The third kappa shape index (κ3) is 6.28. The minimum atomic E-state index is 0.108. The summed E-state index contributed by atoms with van der Waals surface area (Å²) in [7, 11) is 0. The molecule has 3 nitrogen and oxygen atoms in total. The second-order valence-corrected chi connectivity index (χ2v) is 5.00. The molecule has 0 aromatic heterocycles. The van der Waals surface area contributed by atoms with Crippen LogP contribution in [0, 0.1) is 0 Å². The van der Waals surface area contributed by atoms with Gasteiger partial charge in [0.15, 0.2) is 0 Å². The Bertz CT molecular complexity index is 356. The Morgan fingerprint density at radius 3 is 2.58 bits per heavy atom. The number of likely N-dealkylation sites (N-methyl/N-ethyl adjacent to an activating group) is 1. The quantitative estimate of drug-likeness (QED) is 0.706. The number of nitrogens with one attached hydrogen (secondary N) is 1. The van der Waals surface area contributed by atoms with E-state index in [9.17, 15) is 0 Å². The molecule has 19 heavy (non-hydrogen) atoms. The highest BCUT2D eigenvalue weighted by molar-refractivity contribution is 6.32. The lowest BCUT2D eigenvalue weighted by molar-refractivity contribution is 0.213. The average Bonchev–Trinajstić information content (AvgIpc) is 2.42. The fourth-order valence-electron chi connectivity index (χ4n) is 1.88. The van der Waals surface area contributed by atoms with Gasteiger partial charge in [-0.2, -0.15) is 0 Å². The highest BCUT2D eigenvalue weighted by Gasteiger charge is 2.06. The third-order valence-electron chi connectivity index (χ3n) is 3.10. The summed E-state index contributed by atoms with van der Waals surface area (Å²) in [4.78, 5) is 2.40. The smallest absolute Gasteiger partial charge is 0.138 e. The second kappa shape index (κ2) is 9.18. The van der Waals surface area contributed by atoms with Gasteiger partial charge in [0.2, 0.25) is 0 Å². The molecule has 0 bridgehead atoms. The first-order valence-corrected chi connectivity index (χ1v) is 7.39. The van der Waals surface area contributed by atoms with Crippen LogP contribution in [0.4, 0.5) is 0 Å². The van der Waals surface area contributed by atoms with Crippen LogP contribution in [0.5, 0.6) is 5.75 Å². The van der Waals surface area contributed by atoms with E-state index in [1.807, 2.05) is 31.2 Å². The fraction of sp³-hybridized carbons (Fsp3) is 0.600. The Morgan fingerprint density at radius 1 is 1.26 bits per heavy atom. The molecule has 0 fully saturated rings. The summed E-state index contributed by atoms with van der Waals surface area (Å²) < 4.78 is 5.80. The maximum Gasteiger partial charge on any atom is 0.138 e. The number of para-hydroxylation sites is 1. The fourth-order valence-corrected chi connectivity index (χ4v) is 2.06. The maximum absolute atomic E-state index is 6.06. The molecule has 0 aliphatic carbocycles. The minimum Gasteiger partial charge on any atom is -0.488 e. The van der Waals surface area contributed by atoms with E-state index in [-0.39, 0.29) is 6.10 Å². The molecule has 0 spiro atoms. The zero-order valence-corrected chi connectivity index (χ0v) is 12.9.